The molecule has 1 aromatic rings. The summed E-state index contributed by atoms with van der Waals surface area (Å²) in [6.45, 7) is 2.13. The maximum absolute atomic E-state index is 13.2. The first-order chi connectivity index (χ1) is 7.16. The van der Waals surface area contributed by atoms with Crippen LogP contribution < -0.4 is 5.32 Å². The highest BCUT2D eigenvalue weighted by Crippen LogP contribution is 2.26. The molecule has 1 fully saturated rings. The summed E-state index contributed by atoms with van der Waals surface area (Å²) in [7, 11) is 0. The van der Waals surface area contributed by atoms with Gasteiger partial charge in [0.15, 0.2) is 5.82 Å². The minimum atomic E-state index is -0.567. The van der Waals surface area contributed by atoms with Gasteiger partial charge in [0.05, 0.1) is 11.8 Å². The van der Waals surface area contributed by atoms with E-state index in [1.807, 2.05) is 0 Å². The van der Waals surface area contributed by atoms with E-state index in [4.69, 9.17) is 0 Å². The van der Waals surface area contributed by atoms with Crippen LogP contribution in [0.3, 0.4) is 0 Å². The molecule has 1 amide bonds. The van der Waals surface area contributed by atoms with Crippen molar-refractivity contribution in [1.29, 1.82) is 0 Å². The van der Waals surface area contributed by atoms with Crippen LogP contribution in [0, 0.1) is 11.7 Å². The number of nitrogens with one attached hydrogen (secondary N) is 1. The lowest BCUT2D eigenvalue weighted by molar-refractivity contribution is 0.0892. The van der Waals surface area contributed by atoms with E-state index in [2.05, 4.69) is 17.2 Å². The quantitative estimate of drug-likeness (QED) is 0.804. The molecule has 0 aromatic carbocycles. The number of hydrogen-bond acceptors (Lipinski definition) is 2. The second-order valence-electron chi connectivity index (χ2n) is 4.10. The zero-order chi connectivity index (χ0) is 10.8. The van der Waals surface area contributed by atoms with Gasteiger partial charge in [-0.2, -0.15) is 0 Å². The van der Waals surface area contributed by atoms with E-state index in [0.717, 1.165) is 19.0 Å². The Hall–Kier alpha value is -1.45. The summed E-state index contributed by atoms with van der Waals surface area (Å²) in [6.07, 6.45) is 4.44. The van der Waals surface area contributed by atoms with E-state index < -0.39 is 5.82 Å². The van der Waals surface area contributed by atoms with Crippen LogP contribution in [0.1, 0.15) is 30.1 Å². The van der Waals surface area contributed by atoms with Gasteiger partial charge in [-0.05, 0) is 24.8 Å². The topological polar surface area (TPSA) is 42.0 Å². The normalized spacial score (nSPS) is 24.4. The first-order valence-corrected chi connectivity index (χ1v) is 5.07. The second-order valence-corrected chi connectivity index (χ2v) is 4.10. The average Bonchev–Trinajstić information content (AvgIpc) is 2.16. The van der Waals surface area contributed by atoms with Crippen LogP contribution in [0.5, 0.6) is 0 Å². The van der Waals surface area contributed by atoms with E-state index in [0.29, 0.717) is 5.92 Å². The average molecular weight is 208 g/mol. The third kappa shape index (κ3) is 2.14. The third-order valence-corrected chi connectivity index (χ3v) is 2.73. The van der Waals surface area contributed by atoms with Crippen molar-refractivity contribution >= 4 is 5.91 Å². The molecular formula is C11H13FN2O. The van der Waals surface area contributed by atoms with Crippen LogP contribution in [0.2, 0.25) is 0 Å². The Balaban J connectivity index is 1.99. The Bertz CT molecular complexity index is 375. The van der Waals surface area contributed by atoms with Gasteiger partial charge in [-0.25, -0.2) is 4.39 Å². The Morgan fingerprint density at radius 2 is 2.33 bits per heavy atom. The lowest BCUT2D eigenvalue weighted by Crippen LogP contribution is -2.43. The molecule has 0 atom stereocenters. The van der Waals surface area contributed by atoms with E-state index in [1.165, 1.54) is 12.3 Å². The number of pyridine rings is 1. The SMILES string of the molecule is CC1CC(NC(=O)c2ccncc2F)C1. The number of amides is 1. The Morgan fingerprint density at radius 1 is 1.60 bits per heavy atom. The van der Waals surface area contributed by atoms with Gasteiger partial charge in [0, 0.05) is 12.2 Å². The van der Waals surface area contributed by atoms with Crippen molar-refractivity contribution in [3.8, 4) is 0 Å². The van der Waals surface area contributed by atoms with E-state index in [-0.39, 0.29) is 17.5 Å². The number of rotatable bonds is 2. The van der Waals surface area contributed by atoms with Gasteiger partial charge in [0.25, 0.3) is 5.91 Å². The Labute approximate surface area is 87.7 Å². The molecule has 0 saturated heterocycles. The van der Waals surface area contributed by atoms with Gasteiger partial charge in [-0.1, -0.05) is 6.92 Å². The molecule has 0 aliphatic heterocycles. The van der Waals surface area contributed by atoms with Gasteiger partial charge in [-0.3, -0.25) is 9.78 Å². The van der Waals surface area contributed by atoms with Crippen molar-refractivity contribution in [2.45, 2.75) is 25.8 Å². The van der Waals surface area contributed by atoms with Crippen LogP contribution in [-0.2, 0) is 0 Å². The smallest absolute Gasteiger partial charge is 0.254 e. The van der Waals surface area contributed by atoms with Crippen molar-refractivity contribution in [1.82, 2.24) is 10.3 Å². The van der Waals surface area contributed by atoms with Crippen molar-refractivity contribution in [3.63, 3.8) is 0 Å². The van der Waals surface area contributed by atoms with Crippen LogP contribution in [0.15, 0.2) is 18.5 Å². The first-order valence-electron chi connectivity index (χ1n) is 5.07. The fraction of sp³-hybridized carbons (Fsp3) is 0.455. The Morgan fingerprint density at radius 3 is 2.93 bits per heavy atom. The maximum atomic E-state index is 13.2. The molecule has 15 heavy (non-hydrogen) atoms. The minimum absolute atomic E-state index is 0.0737. The molecule has 80 valence electrons. The minimum Gasteiger partial charge on any atom is -0.349 e. The highest BCUT2D eigenvalue weighted by molar-refractivity contribution is 5.94. The second kappa shape index (κ2) is 3.96. The monoisotopic (exact) mass is 208 g/mol. The van der Waals surface area contributed by atoms with Crippen LogP contribution in [0.25, 0.3) is 0 Å². The van der Waals surface area contributed by atoms with E-state index in [1.54, 1.807) is 0 Å². The molecule has 2 rings (SSSR count). The molecule has 0 bridgehead atoms. The number of halogens is 1. The van der Waals surface area contributed by atoms with E-state index >= 15 is 0 Å². The molecule has 1 aliphatic carbocycles. The van der Waals surface area contributed by atoms with Crippen molar-refractivity contribution in [3.05, 3.63) is 29.8 Å². The molecule has 1 heterocycles. The third-order valence-electron chi connectivity index (χ3n) is 2.73. The molecule has 1 N–H and O–H groups in total. The highest BCUT2D eigenvalue weighted by atomic mass is 19.1. The highest BCUT2D eigenvalue weighted by Gasteiger charge is 2.27. The predicted octanol–water partition coefficient (Wildman–Crippen LogP) is 1.75. The number of hydrogen-bond donors (Lipinski definition) is 1. The number of nitrogens with zero attached hydrogens (tertiary/aromatic N) is 1. The Kier molecular flexibility index (Phi) is 2.66. The molecular weight excluding hydrogens is 195 g/mol. The summed E-state index contributed by atoms with van der Waals surface area (Å²) >= 11 is 0. The zero-order valence-electron chi connectivity index (χ0n) is 8.53. The van der Waals surface area contributed by atoms with Crippen LogP contribution in [0.4, 0.5) is 4.39 Å². The number of aromatic nitrogens is 1. The molecule has 0 spiro atoms. The lowest BCUT2D eigenvalue weighted by atomic mass is 9.82. The van der Waals surface area contributed by atoms with Crippen molar-refractivity contribution in [2.75, 3.05) is 0 Å². The van der Waals surface area contributed by atoms with E-state index in [9.17, 15) is 9.18 Å². The molecule has 1 aliphatic rings. The van der Waals surface area contributed by atoms with Crippen LogP contribution in [-0.4, -0.2) is 16.9 Å². The molecule has 0 unspecified atom stereocenters. The van der Waals surface area contributed by atoms with Crippen molar-refractivity contribution in [2.24, 2.45) is 5.92 Å². The predicted molar refractivity (Wildman–Crippen MR) is 53.8 cm³/mol. The summed E-state index contributed by atoms with van der Waals surface area (Å²) < 4.78 is 13.2. The molecule has 4 heteroatoms. The zero-order valence-corrected chi connectivity index (χ0v) is 8.53. The van der Waals surface area contributed by atoms with Gasteiger partial charge in [0.1, 0.15) is 0 Å². The number of carbonyl (C=O) groups excluding carboxylic acids is 1. The fourth-order valence-corrected chi connectivity index (χ4v) is 1.84. The largest absolute Gasteiger partial charge is 0.349 e. The number of carbonyl (C=O) groups is 1. The van der Waals surface area contributed by atoms with Gasteiger partial charge < -0.3 is 5.32 Å². The lowest BCUT2D eigenvalue weighted by Gasteiger charge is -2.33. The summed E-state index contributed by atoms with van der Waals surface area (Å²) in [6, 6.07) is 1.60. The molecule has 1 saturated carbocycles. The maximum Gasteiger partial charge on any atom is 0.254 e. The standard InChI is InChI=1S/C11H13FN2O/c1-7-4-8(5-7)14-11(15)9-2-3-13-6-10(9)12/h2-3,6-8H,4-5H2,1H3,(H,14,15). The molecule has 1 aromatic heterocycles. The molecule has 0 radical (unpaired) electrons. The first kappa shape index (κ1) is 10.1. The van der Waals surface area contributed by atoms with Gasteiger partial charge in [0.2, 0.25) is 0 Å². The van der Waals surface area contributed by atoms with Crippen LogP contribution >= 0.6 is 0 Å². The van der Waals surface area contributed by atoms with Gasteiger partial charge in [-0.15, -0.1) is 0 Å². The summed E-state index contributed by atoms with van der Waals surface area (Å²) in [5.41, 5.74) is 0.0737. The van der Waals surface area contributed by atoms with Crippen molar-refractivity contribution < 1.29 is 9.18 Å². The summed E-state index contributed by atoms with van der Waals surface area (Å²) in [5, 5.41) is 2.80. The fourth-order valence-electron chi connectivity index (χ4n) is 1.84. The summed E-state index contributed by atoms with van der Waals surface area (Å²) in [5.74, 6) is -0.244. The van der Waals surface area contributed by atoms with Gasteiger partial charge >= 0.3 is 0 Å². The molecule has 3 nitrogen and oxygen atoms in total. The summed E-state index contributed by atoms with van der Waals surface area (Å²) in [4.78, 5) is 15.2.